The molecule has 4 aromatic rings. The van der Waals surface area contributed by atoms with Crippen LogP contribution in [0.25, 0.3) is 22.2 Å². The molecule has 1 fully saturated rings. The minimum Gasteiger partial charge on any atom is -0.457 e. The summed E-state index contributed by atoms with van der Waals surface area (Å²) in [7, 11) is 0. The number of amides is 1. The van der Waals surface area contributed by atoms with E-state index in [1.807, 2.05) is 65.7 Å². The molecule has 0 aliphatic carbocycles. The lowest BCUT2D eigenvalue weighted by Crippen LogP contribution is -2.44. The number of aromatic nitrogens is 3. The molecule has 0 spiro atoms. The van der Waals surface area contributed by atoms with Gasteiger partial charge in [-0.3, -0.25) is 4.79 Å². The van der Waals surface area contributed by atoms with Crippen LogP contribution in [0.4, 0.5) is 5.82 Å². The fraction of sp³-hybridized carbons (Fsp3) is 0.192. The van der Waals surface area contributed by atoms with Crippen LogP contribution in [0.3, 0.4) is 0 Å². The van der Waals surface area contributed by atoms with E-state index in [9.17, 15) is 4.79 Å². The monoisotopic (exact) mass is 439 g/mol. The van der Waals surface area contributed by atoms with Crippen LogP contribution in [-0.4, -0.2) is 44.9 Å². The Morgan fingerprint density at radius 3 is 2.70 bits per heavy atom. The van der Waals surface area contributed by atoms with Crippen molar-refractivity contribution in [1.82, 2.24) is 19.9 Å². The number of hydrogen-bond acceptors (Lipinski definition) is 5. The van der Waals surface area contributed by atoms with Crippen LogP contribution < -0.4 is 10.1 Å². The maximum absolute atomic E-state index is 12.1. The van der Waals surface area contributed by atoms with Gasteiger partial charge in [-0.15, -0.1) is 0 Å². The van der Waals surface area contributed by atoms with E-state index in [0.717, 1.165) is 58.9 Å². The number of carbonyl (C=O) groups excluding carboxylic acids is 1. The van der Waals surface area contributed by atoms with Gasteiger partial charge < -0.3 is 19.9 Å². The van der Waals surface area contributed by atoms with E-state index in [1.54, 1.807) is 6.33 Å². The van der Waals surface area contributed by atoms with Crippen LogP contribution in [0.2, 0.25) is 0 Å². The molecule has 2 aromatic heterocycles. The Morgan fingerprint density at radius 1 is 1.12 bits per heavy atom. The molecule has 7 heteroatoms. The van der Waals surface area contributed by atoms with Gasteiger partial charge in [-0.25, -0.2) is 9.97 Å². The number of likely N-dealkylation sites (tertiary alicyclic amines) is 1. The first kappa shape index (κ1) is 20.8. The smallest absolute Gasteiger partial charge is 0.246 e. The number of aromatic amines is 1. The van der Waals surface area contributed by atoms with E-state index in [-0.39, 0.29) is 11.9 Å². The summed E-state index contributed by atoms with van der Waals surface area (Å²) in [6.07, 6.45) is 6.79. The van der Waals surface area contributed by atoms with Crippen LogP contribution in [0.15, 0.2) is 79.8 Å². The SMILES string of the molecule is C=CC(=O)N1CCCC(Nc2ncnc3[nH]cc(-c4ccc(Oc5ccccc5)cc4)c23)C1. The number of fused-ring (bicyclic) bond motifs is 1. The molecular formula is C26H25N5O2. The van der Waals surface area contributed by atoms with Gasteiger partial charge in [0.2, 0.25) is 5.91 Å². The van der Waals surface area contributed by atoms with Crippen LogP contribution in [0, 0.1) is 0 Å². The summed E-state index contributed by atoms with van der Waals surface area (Å²) in [5.74, 6) is 2.30. The number of H-pyrrole nitrogens is 1. The van der Waals surface area contributed by atoms with Gasteiger partial charge in [0.05, 0.1) is 5.39 Å². The van der Waals surface area contributed by atoms with Crippen molar-refractivity contribution < 1.29 is 9.53 Å². The minimum atomic E-state index is -0.0329. The number of piperidine rings is 1. The van der Waals surface area contributed by atoms with E-state index in [4.69, 9.17) is 4.74 Å². The van der Waals surface area contributed by atoms with Crippen LogP contribution >= 0.6 is 0 Å². The molecule has 1 unspecified atom stereocenters. The lowest BCUT2D eigenvalue weighted by atomic mass is 10.0. The quantitative estimate of drug-likeness (QED) is 0.413. The molecule has 0 radical (unpaired) electrons. The van der Waals surface area contributed by atoms with Gasteiger partial charge in [0, 0.05) is 30.9 Å². The van der Waals surface area contributed by atoms with Gasteiger partial charge in [-0.2, -0.15) is 0 Å². The highest BCUT2D eigenvalue weighted by Crippen LogP contribution is 2.34. The second-order valence-corrected chi connectivity index (χ2v) is 8.06. The third kappa shape index (κ3) is 4.43. The van der Waals surface area contributed by atoms with Crippen molar-refractivity contribution in [1.29, 1.82) is 0 Å². The number of hydrogen-bond donors (Lipinski definition) is 2. The number of nitrogens with one attached hydrogen (secondary N) is 2. The Bertz CT molecular complexity index is 1270. The fourth-order valence-corrected chi connectivity index (χ4v) is 4.24. The molecule has 1 saturated heterocycles. The van der Waals surface area contributed by atoms with Crippen molar-refractivity contribution in [2.45, 2.75) is 18.9 Å². The molecule has 1 aliphatic heterocycles. The van der Waals surface area contributed by atoms with Crippen molar-refractivity contribution in [2.24, 2.45) is 0 Å². The van der Waals surface area contributed by atoms with Gasteiger partial charge in [0.15, 0.2) is 0 Å². The zero-order valence-electron chi connectivity index (χ0n) is 18.2. The Morgan fingerprint density at radius 2 is 1.91 bits per heavy atom. The van der Waals surface area contributed by atoms with Crippen molar-refractivity contribution in [3.8, 4) is 22.6 Å². The average Bonchev–Trinajstić information content (AvgIpc) is 3.30. The molecular weight excluding hydrogens is 414 g/mol. The highest BCUT2D eigenvalue weighted by atomic mass is 16.5. The average molecular weight is 440 g/mol. The molecule has 1 atom stereocenters. The maximum Gasteiger partial charge on any atom is 0.246 e. The van der Waals surface area contributed by atoms with Gasteiger partial charge in [-0.1, -0.05) is 36.9 Å². The number of nitrogens with zero attached hydrogens (tertiary/aromatic N) is 3. The number of rotatable bonds is 6. The summed E-state index contributed by atoms with van der Waals surface area (Å²) in [6.45, 7) is 4.99. The molecule has 0 saturated carbocycles. The summed E-state index contributed by atoms with van der Waals surface area (Å²) in [5, 5.41) is 4.48. The van der Waals surface area contributed by atoms with E-state index >= 15 is 0 Å². The fourth-order valence-electron chi connectivity index (χ4n) is 4.24. The predicted octanol–water partition coefficient (Wildman–Crippen LogP) is 5.01. The molecule has 1 aliphatic rings. The van der Waals surface area contributed by atoms with Gasteiger partial charge in [0.1, 0.15) is 29.3 Å². The molecule has 2 N–H and O–H groups in total. The summed E-state index contributed by atoms with van der Waals surface area (Å²) < 4.78 is 5.92. The normalized spacial score (nSPS) is 15.9. The van der Waals surface area contributed by atoms with Crippen LogP contribution in [-0.2, 0) is 4.79 Å². The van der Waals surface area contributed by atoms with Gasteiger partial charge in [-0.05, 0) is 48.7 Å². The molecule has 7 nitrogen and oxygen atoms in total. The second kappa shape index (κ2) is 9.16. The number of benzene rings is 2. The number of carbonyl (C=O) groups is 1. The predicted molar refractivity (Wildman–Crippen MR) is 129 cm³/mol. The van der Waals surface area contributed by atoms with E-state index in [2.05, 4.69) is 26.8 Å². The van der Waals surface area contributed by atoms with E-state index in [0.29, 0.717) is 6.54 Å². The first-order valence-electron chi connectivity index (χ1n) is 11.0. The first-order valence-corrected chi connectivity index (χ1v) is 11.0. The molecule has 5 rings (SSSR count). The number of para-hydroxylation sites is 1. The molecule has 1 amide bonds. The third-order valence-corrected chi connectivity index (χ3v) is 5.86. The molecule has 0 bridgehead atoms. The summed E-state index contributed by atoms with van der Waals surface area (Å²) in [4.78, 5) is 26.1. The van der Waals surface area contributed by atoms with Crippen molar-refractivity contribution in [2.75, 3.05) is 18.4 Å². The zero-order chi connectivity index (χ0) is 22.6. The number of anilines is 1. The molecule has 2 aromatic carbocycles. The zero-order valence-corrected chi connectivity index (χ0v) is 18.2. The van der Waals surface area contributed by atoms with E-state index < -0.39 is 0 Å². The van der Waals surface area contributed by atoms with Gasteiger partial charge in [0.25, 0.3) is 0 Å². The Balaban J connectivity index is 1.40. The lowest BCUT2D eigenvalue weighted by Gasteiger charge is -2.32. The Hall–Kier alpha value is -4.13. The van der Waals surface area contributed by atoms with Crippen molar-refractivity contribution >= 4 is 22.8 Å². The largest absolute Gasteiger partial charge is 0.457 e. The summed E-state index contributed by atoms with van der Waals surface area (Å²) in [6, 6.07) is 17.8. The first-order chi connectivity index (χ1) is 16.2. The Labute approximate surface area is 192 Å². The third-order valence-electron chi connectivity index (χ3n) is 5.86. The van der Waals surface area contributed by atoms with Crippen LogP contribution in [0.5, 0.6) is 11.5 Å². The highest BCUT2D eigenvalue weighted by molar-refractivity contribution is 6.01. The Kier molecular flexibility index (Phi) is 5.76. The summed E-state index contributed by atoms with van der Waals surface area (Å²) in [5.41, 5.74) is 2.81. The van der Waals surface area contributed by atoms with Crippen molar-refractivity contribution in [3.05, 3.63) is 79.8 Å². The van der Waals surface area contributed by atoms with Crippen LogP contribution in [0.1, 0.15) is 12.8 Å². The standard InChI is InChI=1S/C26H25N5O2/c1-2-23(32)31-14-6-7-19(16-31)30-26-24-22(15-27-25(24)28-17-29-26)18-10-12-21(13-11-18)33-20-8-4-3-5-9-20/h2-5,8-13,15,17,19H,1,6-7,14,16H2,(H2,27,28,29,30). The number of ether oxygens (including phenoxy) is 1. The highest BCUT2D eigenvalue weighted by Gasteiger charge is 2.23. The van der Waals surface area contributed by atoms with Gasteiger partial charge >= 0.3 is 0 Å². The summed E-state index contributed by atoms with van der Waals surface area (Å²) >= 11 is 0. The lowest BCUT2D eigenvalue weighted by molar-refractivity contribution is -0.127. The molecule has 166 valence electrons. The minimum absolute atomic E-state index is 0.0329. The molecule has 33 heavy (non-hydrogen) atoms. The topological polar surface area (TPSA) is 83.1 Å². The van der Waals surface area contributed by atoms with E-state index in [1.165, 1.54) is 6.08 Å². The molecule has 3 heterocycles. The van der Waals surface area contributed by atoms with Crippen molar-refractivity contribution in [3.63, 3.8) is 0 Å². The maximum atomic E-state index is 12.1. The second-order valence-electron chi connectivity index (χ2n) is 8.06.